The largest absolute Gasteiger partial charge is 0.379 e. The fourth-order valence-corrected chi connectivity index (χ4v) is 2.54. The van der Waals surface area contributed by atoms with Crippen molar-refractivity contribution >= 4 is 15.9 Å². The van der Waals surface area contributed by atoms with E-state index in [-0.39, 0.29) is 0 Å². The van der Waals surface area contributed by atoms with Crippen molar-refractivity contribution in [2.45, 2.75) is 46.6 Å². The Hall–Kier alpha value is -0.380. The van der Waals surface area contributed by atoms with Gasteiger partial charge in [-0.15, -0.1) is 0 Å². The molecule has 2 nitrogen and oxygen atoms in total. The van der Waals surface area contributed by atoms with Gasteiger partial charge in [-0.05, 0) is 69.3 Å². The van der Waals surface area contributed by atoms with E-state index in [1.807, 2.05) is 0 Å². The standard InChI is InChI=1S/C18H30BrNO/c1-14(2)12-20-13-17(9-10-21-15(3)4)11-16-5-7-18(19)8-6-16/h5-8,14-15,17,20H,9-13H2,1-4H3. The number of nitrogens with one attached hydrogen (secondary N) is 1. The normalized spacial score (nSPS) is 13.1. The van der Waals surface area contributed by atoms with Crippen molar-refractivity contribution in [2.75, 3.05) is 19.7 Å². The summed E-state index contributed by atoms with van der Waals surface area (Å²) in [5.41, 5.74) is 1.40. The highest BCUT2D eigenvalue weighted by atomic mass is 79.9. The molecule has 0 saturated carbocycles. The molecular weight excluding hydrogens is 326 g/mol. The molecular formula is C18H30BrNO. The third kappa shape index (κ3) is 9.28. The van der Waals surface area contributed by atoms with Gasteiger partial charge in [-0.25, -0.2) is 0 Å². The molecule has 0 spiro atoms. The molecule has 0 aromatic heterocycles. The molecule has 3 heteroatoms. The Kier molecular flexibility index (Phi) is 9.21. The van der Waals surface area contributed by atoms with Crippen LogP contribution in [0.2, 0.25) is 0 Å². The zero-order chi connectivity index (χ0) is 15.7. The summed E-state index contributed by atoms with van der Waals surface area (Å²) in [7, 11) is 0. The first-order valence-electron chi connectivity index (χ1n) is 8.04. The molecule has 0 radical (unpaired) electrons. The zero-order valence-electron chi connectivity index (χ0n) is 13.9. The first-order chi connectivity index (χ1) is 9.97. The summed E-state index contributed by atoms with van der Waals surface area (Å²) < 4.78 is 6.86. The predicted octanol–water partition coefficient (Wildman–Crippen LogP) is 4.67. The van der Waals surface area contributed by atoms with E-state index in [1.54, 1.807) is 0 Å². The van der Waals surface area contributed by atoms with Crippen molar-refractivity contribution < 1.29 is 4.74 Å². The lowest BCUT2D eigenvalue weighted by Crippen LogP contribution is -2.28. The first-order valence-corrected chi connectivity index (χ1v) is 8.83. The van der Waals surface area contributed by atoms with E-state index in [0.29, 0.717) is 17.9 Å². The topological polar surface area (TPSA) is 21.3 Å². The van der Waals surface area contributed by atoms with Crippen molar-refractivity contribution in [1.82, 2.24) is 5.32 Å². The van der Waals surface area contributed by atoms with Gasteiger partial charge in [-0.1, -0.05) is 41.9 Å². The highest BCUT2D eigenvalue weighted by Gasteiger charge is 2.11. The van der Waals surface area contributed by atoms with Gasteiger partial charge in [0.05, 0.1) is 6.10 Å². The van der Waals surface area contributed by atoms with Crippen LogP contribution >= 0.6 is 15.9 Å². The van der Waals surface area contributed by atoms with Gasteiger partial charge >= 0.3 is 0 Å². The molecule has 1 aromatic carbocycles. The molecule has 0 amide bonds. The third-order valence-electron chi connectivity index (χ3n) is 3.40. The van der Waals surface area contributed by atoms with Crippen LogP contribution in [0, 0.1) is 11.8 Å². The van der Waals surface area contributed by atoms with Crippen LogP contribution in [0.25, 0.3) is 0 Å². The predicted molar refractivity (Wildman–Crippen MR) is 94.7 cm³/mol. The lowest BCUT2D eigenvalue weighted by atomic mass is 9.96. The van der Waals surface area contributed by atoms with Crippen LogP contribution in [0.15, 0.2) is 28.7 Å². The second kappa shape index (κ2) is 10.4. The van der Waals surface area contributed by atoms with Crippen LogP contribution in [0.5, 0.6) is 0 Å². The smallest absolute Gasteiger partial charge is 0.0518 e. The Morgan fingerprint density at radius 3 is 2.29 bits per heavy atom. The summed E-state index contributed by atoms with van der Waals surface area (Å²) in [5.74, 6) is 1.33. The number of benzene rings is 1. The van der Waals surface area contributed by atoms with Crippen LogP contribution in [-0.2, 0) is 11.2 Å². The molecule has 120 valence electrons. The van der Waals surface area contributed by atoms with Gasteiger partial charge in [0.15, 0.2) is 0 Å². The van der Waals surface area contributed by atoms with E-state index in [0.717, 1.165) is 37.0 Å². The second-order valence-electron chi connectivity index (χ2n) is 6.46. The summed E-state index contributed by atoms with van der Waals surface area (Å²) in [4.78, 5) is 0. The molecule has 0 aliphatic heterocycles. The van der Waals surface area contributed by atoms with Gasteiger partial charge in [-0.2, -0.15) is 0 Å². The molecule has 1 aromatic rings. The number of ether oxygens (including phenoxy) is 1. The van der Waals surface area contributed by atoms with Gasteiger partial charge in [0.1, 0.15) is 0 Å². The maximum Gasteiger partial charge on any atom is 0.0518 e. The number of rotatable bonds is 10. The highest BCUT2D eigenvalue weighted by molar-refractivity contribution is 9.10. The van der Waals surface area contributed by atoms with Gasteiger partial charge < -0.3 is 10.1 Å². The molecule has 0 aliphatic carbocycles. The molecule has 21 heavy (non-hydrogen) atoms. The second-order valence-corrected chi connectivity index (χ2v) is 7.37. The minimum Gasteiger partial charge on any atom is -0.379 e. The third-order valence-corrected chi connectivity index (χ3v) is 3.93. The molecule has 1 rings (SSSR count). The van der Waals surface area contributed by atoms with Crippen LogP contribution in [-0.4, -0.2) is 25.8 Å². The molecule has 0 bridgehead atoms. The van der Waals surface area contributed by atoms with Gasteiger partial charge in [0, 0.05) is 11.1 Å². The van der Waals surface area contributed by atoms with E-state index in [1.165, 1.54) is 5.56 Å². The van der Waals surface area contributed by atoms with Crippen molar-refractivity contribution in [2.24, 2.45) is 11.8 Å². The molecule has 0 fully saturated rings. The maximum atomic E-state index is 5.72. The van der Waals surface area contributed by atoms with Crippen LogP contribution in [0.4, 0.5) is 0 Å². The van der Waals surface area contributed by atoms with Crippen LogP contribution in [0.3, 0.4) is 0 Å². The lowest BCUT2D eigenvalue weighted by molar-refractivity contribution is 0.0682. The monoisotopic (exact) mass is 355 g/mol. The summed E-state index contributed by atoms with van der Waals surface area (Å²) in [6, 6.07) is 8.67. The number of halogens is 1. The summed E-state index contributed by atoms with van der Waals surface area (Å²) in [6.07, 6.45) is 2.54. The van der Waals surface area contributed by atoms with Gasteiger partial charge in [0.25, 0.3) is 0 Å². The fraction of sp³-hybridized carbons (Fsp3) is 0.667. The molecule has 1 unspecified atom stereocenters. The SMILES string of the molecule is CC(C)CNCC(CCOC(C)C)Cc1ccc(Br)cc1. The average molecular weight is 356 g/mol. The van der Waals surface area contributed by atoms with Crippen molar-refractivity contribution in [3.8, 4) is 0 Å². The first kappa shape index (κ1) is 18.7. The summed E-state index contributed by atoms with van der Waals surface area (Å²) in [6.45, 7) is 11.7. The molecule has 1 atom stereocenters. The summed E-state index contributed by atoms with van der Waals surface area (Å²) >= 11 is 3.50. The van der Waals surface area contributed by atoms with Gasteiger partial charge in [0.2, 0.25) is 0 Å². The van der Waals surface area contributed by atoms with E-state index < -0.39 is 0 Å². The van der Waals surface area contributed by atoms with Crippen molar-refractivity contribution in [1.29, 1.82) is 0 Å². The molecule has 0 saturated heterocycles. The minimum absolute atomic E-state index is 0.321. The number of hydrogen-bond donors (Lipinski definition) is 1. The average Bonchev–Trinajstić information content (AvgIpc) is 2.40. The Morgan fingerprint density at radius 2 is 1.71 bits per heavy atom. The molecule has 0 heterocycles. The number of hydrogen-bond acceptors (Lipinski definition) is 2. The Balaban J connectivity index is 2.47. The minimum atomic E-state index is 0.321. The Morgan fingerprint density at radius 1 is 1.05 bits per heavy atom. The van der Waals surface area contributed by atoms with Crippen LogP contribution < -0.4 is 5.32 Å². The lowest BCUT2D eigenvalue weighted by Gasteiger charge is -2.19. The Bertz CT molecular complexity index is 361. The summed E-state index contributed by atoms with van der Waals surface area (Å²) in [5, 5.41) is 3.59. The van der Waals surface area contributed by atoms with E-state index in [9.17, 15) is 0 Å². The molecule has 1 N–H and O–H groups in total. The van der Waals surface area contributed by atoms with Crippen LogP contribution in [0.1, 0.15) is 39.7 Å². The quantitative estimate of drug-likeness (QED) is 0.658. The molecule has 0 aliphatic rings. The Labute approximate surface area is 138 Å². The van der Waals surface area contributed by atoms with Crippen molar-refractivity contribution in [3.05, 3.63) is 34.3 Å². The zero-order valence-corrected chi connectivity index (χ0v) is 15.4. The highest BCUT2D eigenvalue weighted by Crippen LogP contribution is 2.16. The van der Waals surface area contributed by atoms with E-state index >= 15 is 0 Å². The van der Waals surface area contributed by atoms with Crippen molar-refractivity contribution in [3.63, 3.8) is 0 Å². The fourth-order valence-electron chi connectivity index (χ4n) is 2.28. The maximum absolute atomic E-state index is 5.72. The van der Waals surface area contributed by atoms with E-state index in [2.05, 4.69) is 73.2 Å². The van der Waals surface area contributed by atoms with Gasteiger partial charge in [-0.3, -0.25) is 0 Å². The van der Waals surface area contributed by atoms with E-state index in [4.69, 9.17) is 4.74 Å².